The standard InChI is InChI=1S/C16H23NO/c18-16-11-7-4-8-13-17(16)14-12-15-9-5-2-1-3-6-10-15/h1-3,5,9H,4,6-8,10-14H2/b3-1-,5-2-,15-9+. The van der Waals surface area contributed by atoms with Crippen LogP contribution in [-0.4, -0.2) is 23.9 Å². The zero-order valence-electron chi connectivity index (χ0n) is 11.1. The van der Waals surface area contributed by atoms with Gasteiger partial charge in [-0.05, 0) is 32.1 Å². The molecule has 0 bridgehead atoms. The summed E-state index contributed by atoms with van der Waals surface area (Å²) in [5.41, 5.74) is 1.47. The number of nitrogens with zero attached hydrogens (tertiary/aromatic N) is 1. The van der Waals surface area contributed by atoms with Crippen LogP contribution in [0.5, 0.6) is 0 Å². The smallest absolute Gasteiger partial charge is 0.222 e. The van der Waals surface area contributed by atoms with Crippen molar-refractivity contribution in [3.8, 4) is 0 Å². The quantitative estimate of drug-likeness (QED) is 0.743. The number of hydrogen-bond donors (Lipinski definition) is 0. The first-order valence-corrected chi connectivity index (χ1v) is 7.15. The fraction of sp³-hybridized carbons (Fsp3) is 0.562. The predicted molar refractivity (Wildman–Crippen MR) is 75.3 cm³/mol. The monoisotopic (exact) mass is 245 g/mol. The molecule has 2 heteroatoms. The van der Waals surface area contributed by atoms with Crippen molar-refractivity contribution in [1.82, 2.24) is 4.90 Å². The Labute approximate surface area is 110 Å². The number of amides is 1. The maximum Gasteiger partial charge on any atom is 0.222 e. The van der Waals surface area contributed by atoms with E-state index in [1.54, 1.807) is 0 Å². The molecule has 18 heavy (non-hydrogen) atoms. The SMILES string of the molecule is O=C1CCCCCN1CC/C1=C/C=C\C=C/CC1. The average Bonchev–Trinajstić information content (AvgIpc) is 2.53. The minimum Gasteiger partial charge on any atom is -0.342 e. The van der Waals surface area contributed by atoms with Crippen LogP contribution in [0.4, 0.5) is 0 Å². The summed E-state index contributed by atoms with van der Waals surface area (Å²) in [5, 5.41) is 0. The van der Waals surface area contributed by atoms with Crippen LogP contribution >= 0.6 is 0 Å². The third kappa shape index (κ3) is 4.17. The van der Waals surface area contributed by atoms with Gasteiger partial charge in [-0.15, -0.1) is 0 Å². The van der Waals surface area contributed by atoms with Gasteiger partial charge in [0.25, 0.3) is 0 Å². The lowest BCUT2D eigenvalue weighted by molar-refractivity contribution is -0.130. The molecular weight excluding hydrogens is 222 g/mol. The van der Waals surface area contributed by atoms with E-state index in [1.165, 1.54) is 18.4 Å². The van der Waals surface area contributed by atoms with E-state index in [0.29, 0.717) is 5.91 Å². The Morgan fingerprint density at radius 1 is 1.06 bits per heavy atom. The van der Waals surface area contributed by atoms with Crippen molar-refractivity contribution in [2.24, 2.45) is 0 Å². The number of allylic oxidation sites excluding steroid dienone is 5. The first-order valence-electron chi connectivity index (χ1n) is 7.15. The summed E-state index contributed by atoms with van der Waals surface area (Å²) in [6.07, 6.45) is 18.2. The number of hydrogen-bond acceptors (Lipinski definition) is 1. The van der Waals surface area contributed by atoms with Gasteiger partial charge in [-0.2, -0.15) is 0 Å². The minimum absolute atomic E-state index is 0.356. The number of carbonyl (C=O) groups excluding carboxylic acids is 1. The van der Waals surface area contributed by atoms with Crippen molar-refractivity contribution >= 4 is 5.91 Å². The van der Waals surface area contributed by atoms with E-state index in [-0.39, 0.29) is 0 Å². The molecule has 0 N–H and O–H groups in total. The molecule has 0 unspecified atom stereocenters. The Morgan fingerprint density at radius 2 is 2.00 bits per heavy atom. The Morgan fingerprint density at radius 3 is 2.94 bits per heavy atom. The normalized spacial score (nSPS) is 27.7. The minimum atomic E-state index is 0.356. The average molecular weight is 245 g/mol. The molecule has 2 rings (SSSR count). The Kier molecular flexibility index (Phi) is 5.25. The summed E-state index contributed by atoms with van der Waals surface area (Å²) >= 11 is 0. The molecule has 0 aromatic rings. The van der Waals surface area contributed by atoms with Gasteiger partial charge in [0.05, 0.1) is 0 Å². The van der Waals surface area contributed by atoms with Crippen LogP contribution in [0.1, 0.15) is 44.9 Å². The molecule has 98 valence electrons. The summed E-state index contributed by atoms with van der Waals surface area (Å²) in [6, 6.07) is 0. The highest BCUT2D eigenvalue weighted by Gasteiger charge is 2.16. The molecule has 0 spiro atoms. The van der Waals surface area contributed by atoms with Crippen molar-refractivity contribution < 1.29 is 4.79 Å². The van der Waals surface area contributed by atoms with Crippen LogP contribution in [0.3, 0.4) is 0 Å². The lowest BCUT2D eigenvalue weighted by atomic mass is 10.0. The van der Waals surface area contributed by atoms with Crippen LogP contribution in [0.2, 0.25) is 0 Å². The van der Waals surface area contributed by atoms with Crippen molar-refractivity contribution in [3.05, 3.63) is 36.0 Å². The van der Waals surface area contributed by atoms with Gasteiger partial charge in [-0.1, -0.05) is 42.4 Å². The third-order valence-electron chi connectivity index (χ3n) is 3.70. The summed E-state index contributed by atoms with van der Waals surface area (Å²) < 4.78 is 0. The molecule has 2 nitrogen and oxygen atoms in total. The summed E-state index contributed by atoms with van der Waals surface area (Å²) in [6.45, 7) is 1.87. The highest BCUT2D eigenvalue weighted by molar-refractivity contribution is 5.76. The molecule has 2 aliphatic rings. The maximum absolute atomic E-state index is 11.9. The molecule has 1 aliphatic carbocycles. The topological polar surface area (TPSA) is 20.3 Å². The molecule has 0 radical (unpaired) electrons. The summed E-state index contributed by atoms with van der Waals surface area (Å²) in [5.74, 6) is 0.356. The summed E-state index contributed by atoms with van der Waals surface area (Å²) in [7, 11) is 0. The van der Waals surface area contributed by atoms with Gasteiger partial charge in [0.2, 0.25) is 5.91 Å². The second-order valence-corrected chi connectivity index (χ2v) is 5.12. The van der Waals surface area contributed by atoms with Gasteiger partial charge in [0.15, 0.2) is 0 Å². The van der Waals surface area contributed by atoms with Gasteiger partial charge in [0.1, 0.15) is 0 Å². The van der Waals surface area contributed by atoms with Gasteiger partial charge in [0, 0.05) is 19.5 Å². The largest absolute Gasteiger partial charge is 0.342 e. The molecule has 1 fully saturated rings. The van der Waals surface area contributed by atoms with E-state index in [0.717, 1.165) is 45.2 Å². The van der Waals surface area contributed by atoms with Crippen LogP contribution < -0.4 is 0 Å². The van der Waals surface area contributed by atoms with Gasteiger partial charge in [-0.25, -0.2) is 0 Å². The molecule has 0 atom stereocenters. The molecule has 1 saturated heterocycles. The fourth-order valence-electron chi connectivity index (χ4n) is 2.54. The van der Waals surface area contributed by atoms with E-state index in [2.05, 4.69) is 35.3 Å². The Balaban J connectivity index is 1.84. The predicted octanol–water partition coefficient (Wildman–Crippen LogP) is 3.61. The van der Waals surface area contributed by atoms with Crippen LogP contribution in [0.15, 0.2) is 36.0 Å². The van der Waals surface area contributed by atoms with Crippen molar-refractivity contribution in [2.75, 3.05) is 13.1 Å². The van der Waals surface area contributed by atoms with E-state index >= 15 is 0 Å². The lowest BCUT2D eigenvalue weighted by Gasteiger charge is -2.21. The number of carbonyl (C=O) groups is 1. The molecule has 0 saturated carbocycles. The van der Waals surface area contributed by atoms with E-state index in [9.17, 15) is 4.79 Å². The molecule has 1 heterocycles. The zero-order valence-corrected chi connectivity index (χ0v) is 11.1. The van der Waals surface area contributed by atoms with Gasteiger partial charge in [-0.3, -0.25) is 4.79 Å². The van der Waals surface area contributed by atoms with Gasteiger partial charge >= 0.3 is 0 Å². The first-order chi connectivity index (χ1) is 8.86. The van der Waals surface area contributed by atoms with Gasteiger partial charge < -0.3 is 4.90 Å². The number of likely N-dealkylation sites (tertiary alicyclic amines) is 1. The Bertz CT molecular complexity index is 365. The van der Waals surface area contributed by atoms with Crippen LogP contribution in [0.25, 0.3) is 0 Å². The zero-order chi connectivity index (χ0) is 12.6. The maximum atomic E-state index is 11.9. The molecule has 0 aromatic carbocycles. The first kappa shape index (κ1) is 13.1. The fourth-order valence-corrected chi connectivity index (χ4v) is 2.54. The molecule has 1 aliphatic heterocycles. The van der Waals surface area contributed by atoms with E-state index < -0.39 is 0 Å². The third-order valence-corrected chi connectivity index (χ3v) is 3.70. The molecule has 1 amide bonds. The van der Waals surface area contributed by atoms with E-state index in [1.807, 2.05) is 0 Å². The van der Waals surface area contributed by atoms with Crippen LogP contribution in [-0.2, 0) is 4.79 Å². The molecular formula is C16H23NO. The molecule has 0 aromatic heterocycles. The highest BCUT2D eigenvalue weighted by Crippen LogP contribution is 2.16. The van der Waals surface area contributed by atoms with Crippen molar-refractivity contribution in [3.63, 3.8) is 0 Å². The Hall–Kier alpha value is -1.31. The lowest BCUT2D eigenvalue weighted by Crippen LogP contribution is -2.31. The van der Waals surface area contributed by atoms with E-state index in [4.69, 9.17) is 0 Å². The second kappa shape index (κ2) is 7.20. The van der Waals surface area contributed by atoms with Crippen molar-refractivity contribution in [2.45, 2.75) is 44.9 Å². The highest BCUT2D eigenvalue weighted by atomic mass is 16.2. The summed E-state index contributed by atoms with van der Waals surface area (Å²) in [4.78, 5) is 14.0. The van der Waals surface area contributed by atoms with Crippen molar-refractivity contribution in [1.29, 1.82) is 0 Å². The van der Waals surface area contributed by atoms with Crippen LogP contribution in [0, 0.1) is 0 Å². The number of rotatable bonds is 3. The second-order valence-electron chi connectivity index (χ2n) is 5.12.